The fourth-order valence-corrected chi connectivity index (χ4v) is 3.55. The summed E-state index contributed by atoms with van der Waals surface area (Å²) in [5.41, 5.74) is 2.24. The first-order chi connectivity index (χ1) is 10.1. The molecule has 3 rings (SSSR count). The number of nitrogens with zero attached hydrogens (tertiary/aromatic N) is 2. The van der Waals surface area contributed by atoms with Crippen molar-refractivity contribution in [1.82, 2.24) is 5.43 Å². The van der Waals surface area contributed by atoms with E-state index >= 15 is 0 Å². The standard InChI is InChI=1S/C15H17N3O3/c19-15(13-3-1-2-4-14(13)18(20)21)17-16-9-12-8-10-5-6-11(12)7-10/h1-4,9-12H,5-8H2,(H,17,19)/t10-,11-,12-/m0/s1. The van der Waals surface area contributed by atoms with E-state index < -0.39 is 10.8 Å². The highest BCUT2D eigenvalue weighted by molar-refractivity contribution is 5.98. The lowest BCUT2D eigenvalue weighted by Gasteiger charge is -2.16. The van der Waals surface area contributed by atoms with E-state index in [1.807, 2.05) is 0 Å². The molecule has 0 heterocycles. The van der Waals surface area contributed by atoms with Crippen LogP contribution in [0.3, 0.4) is 0 Å². The van der Waals surface area contributed by atoms with Gasteiger partial charge in [0.1, 0.15) is 5.56 Å². The molecule has 2 aliphatic rings. The van der Waals surface area contributed by atoms with Gasteiger partial charge in [0.25, 0.3) is 11.6 Å². The summed E-state index contributed by atoms with van der Waals surface area (Å²) in [5, 5.41) is 14.9. The summed E-state index contributed by atoms with van der Waals surface area (Å²) in [6.07, 6.45) is 6.79. The maximum absolute atomic E-state index is 12.0. The molecule has 1 N–H and O–H groups in total. The minimum absolute atomic E-state index is 0.0348. The van der Waals surface area contributed by atoms with Crippen LogP contribution in [-0.4, -0.2) is 17.0 Å². The summed E-state index contributed by atoms with van der Waals surface area (Å²) in [6, 6.07) is 5.88. The Kier molecular flexibility index (Phi) is 3.68. The molecule has 0 saturated heterocycles. The molecule has 0 aliphatic heterocycles. The van der Waals surface area contributed by atoms with Crippen molar-refractivity contribution in [3.05, 3.63) is 39.9 Å². The Balaban J connectivity index is 1.63. The van der Waals surface area contributed by atoms with Gasteiger partial charge in [0, 0.05) is 12.3 Å². The fourth-order valence-electron chi connectivity index (χ4n) is 3.55. The van der Waals surface area contributed by atoms with Crippen LogP contribution >= 0.6 is 0 Å². The second-order valence-electron chi connectivity index (χ2n) is 5.83. The monoisotopic (exact) mass is 287 g/mol. The third kappa shape index (κ3) is 2.79. The number of nitrogens with one attached hydrogen (secondary N) is 1. The van der Waals surface area contributed by atoms with Gasteiger partial charge in [-0.15, -0.1) is 0 Å². The first-order valence-corrected chi connectivity index (χ1v) is 7.22. The van der Waals surface area contributed by atoms with Gasteiger partial charge in [-0.05, 0) is 43.1 Å². The molecule has 2 saturated carbocycles. The lowest BCUT2D eigenvalue weighted by molar-refractivity contribution is -0.385. The van der Waals surface area contributed by atoms with E-state index in [2.05, 4.69) is 10.5 Å². The van der Waals surface area contributed by atoms with E-state index in [-0.39, 0.29) is 11.3 Å². The van der Waals surface area contributed by atoms with Gasteiger partial charge in [-0.1, -0.05) is 18.6 Å². The van der Waals surface area contributed by atoms with E-state index in [1.54, 1.807) is 12.3 Å². The van der Waals surface area contributed by atoms with Crippen molar-refractivity contribution >= 4 is 17.8 Å². The average Bonchev–Trinajstić information content (AvgIpc) is 3.09. The van der Waals surface area contributed by atoms with Crippen molar-refractivity contribution in [2.45, 2.75) is 25.7 Å². The Hall–Kier alpha value is -2.24. The first kappa shape index (κ1) is 13.7. The van der Waals surface area contributed by atoms with Crippen LogP contribution in [0, 0.1) is 27.9 Å². The molecular weight excluding hydrogens is 270 g/mol. The zero-order chi connectivity index (χ0) is 14.8. The zero-order valence-corrected chi connectivity index (χ0v) is 11.6. The average molecular weight is 287 g/mol. The normalized spacial score (nSPS) is 27.1. The summed E-state index contributed by atoms with van der Waals surface area (Å²) in [6.45, 7) is 0. The van der Waals surface area contributed by atoms with E-state index in [0.717, 1.165) is 12.3 Å². The number of fused-ring (bicyclic) bond motifs is 2. The molecule has 1 aromatic rings. The molecule has 2 fully saturated rings. The molecule has 6 heteroatoms. The van der Waals surface area contributed by atoms with Crippen molar-refractivity contribution < 1.29 is 9.72 Å². The van der Waals surface area contributed by atoms with Gasteiger partial charge < -0.3 is 0 Å². The maximum atomic E-state index is 12.0. The van der Waals surface area contributed by atoms with Crippen molar-refractivity contribution in [2.75, 3.05) is 0 Å². The highest BCUT2D eigenvalue weighted by atomic mass is 16.6. The largest absolute Gasteiger partial charge is 0.282 e. The Labute approximate surface area is 122 Å². The predicted octanol–water partition coefficient (Wildman–Crippen LogP) is 2.75. The highest BCUT2D eigenvalue weighted by Crippen LogP contribution is 2.47. The van der Waals surface area contributed by atoms with Crippen molar-refractivity contribution in [3.63, 3.8) is 0 Å². The summed E-state index contributed by atoms with van der Waals surface area (Å²) >= 11 is 0. The molecular formula is C15H17N3O3. The predicted molar refractivity (Wildman–Crippen MR) is 78.0 cm³/mol. The van der Waals surface area contributed by atoms with Gasteiger partial charge in [-0.2, -0.15) is 5.10 Å². The van der Waals surface area contributed by atoms with Crippen molar-refractivity contribution in [3.8, 4) is 0 Å². The van der Waals surface area contributed by atoms with Gasteiger partial charge in [-0.3, -0.25) is 14.9 Å². The van der Waals surface area contributed by atoms with Crippen LogP contribution in [-0.2, 0) is 0 Å². The summed E-state index contributed by atoms with van der Waals surface area (Å²) in [7, 11) is 0. The number of rotatable bonds is 4. The number of nitro benzene ring substituents is 1. The number of hydrogen-bond acceptors (Lipinski definition) is 4. The molecule has 0 unspecified atom stereocenters. The fraction of sp³-hybridized carbons (Fsp3) is 0.467. The van der Waals surface area contributed by atoms with E-state index in [9.17, 15) is 14.9 Å². The second-order valence-corrected chi connectivity index (χ2v) is 5.83. The second kappa shape index (κ2) is 5.63. The Bertz CT molecular complexity index is 600. The number of hydrogen-bond donors (Lipinski definition) is 1. The zero-order valence-electron chi connectivity index (χ0n) is 11.6. The number of amides is 1. The maximum Gasteiger partial charge on any atom is 0.282 e. The Morgan fingerprint density at radius 1 is 1.33 bits per heavy atom. The molecule has 2 bridgehead atoms. The van der Waals surface area contributed by atoms with Gasteiger partial charge >= 0.3 is 0 Å². The van der Waals surface area contributed by atoms with Crippen LogP contribution in [0.25, 0.3) is 0 Å². The topological polar surface area (TPSA) is 84.6 Å². The molecule has 0 spiro atoms. The highest BCUT2D eigenvalue weighted by Gasteiger charge is 2.38. The number of benzene rings is 1. The van der Waals surface area contributed by atoms with Crippen LogP contribution in [0.15, 0.2) is 29.4 Å². The van der Waals surface area contributed by atoms with E-state index in [4.69, 9.17) is 0 Å². The van der Waals surface area contributed by atoms with E-state index in [0.29, 0.717) is 11.8 Å². The number of hydrazone groups is 1. The van der Waals surface area contributed by atoms with Crippen molar-refractivity contribution in [2.24, 2.45) is 22.9 Å². The van der Waals surface area contributed by atoms with Crippen LogP contribution in [0.2, 0.25) is 0 Å². The SMILES string of the molecule is O=C(NN=C[C@@H]1C[C@H]2CC[C@H]1C2)c1ccccc1[N+](=O)[O-]. The molecule has 6 nitrogen and oxygen atoms in total. The summed E-state index contributed by atoms with van der Waals surface area (Å²) in [4.78, 5) is 22.3. The van der Waals surface area contributed by atoms with E-state index in [1.165, 1.54) is 37.5 Å². The first-order valence-electron chi connectivity index (χ1n) is 7.22. The van der Waals surface area contributed by atoms with Crippen LogP contribution in [0.5, 0.6) is 0 Å². The minimum atomic E-state index is -0.561. The molecule has 21 heavy (non-hydrogen) atoms. The number of nitro groups is 1. The molecule has 2 aliphatic carbocycles. The van der Waals surface area contributed by atoms with Gasteiger partial charge in [-0.25, -0.2) is 5.43 Å². The minimum Gasteiger partial charge on any atom is -0.267 e. The summed E-state index contributed by atoms with van der Waals surface area (Å²) < 4.78 is 0. The molecule has 110 valence electrons. The molecule has 0 aromatic heterocycles. The third-order valence-electron chi connectivity index (χ3n) is 4.57. The van der Waals surface area contributed by atoms with Gasteiger partial charge in [0.05, 0.1) is 4.92 Å². The quantitative estimate of drug-likeness (QED) is 0.525. The van der Waals surface area contributed by atoms with Gasteiger partial charge in [0.15, 0.2) is 0 Å². The lowest BCUT2D eigenvalue weighted by Crippen LogP contribution is -2.21. The van der Waals surface area contributed by atoms with Crippen LogP contribution < -0.4 is 5.43 Å². The number of carbonyl (C=O) groups is 1. The van der Waals surface area contributed by atoms with Gasteiger partial charge in [0.2, 0.25) is 0 Å². The molecule has 1 aromatic carbocycles. The Morgan fingerprint density at radius 3 is 2.81 bits per heavy atom. The van der Waals surface area contributed by atoms with Crippen LogP contribution in [0.1, 0.15) is 36.0 Å². The number of para-hydroxylation sites is 1. The molecule has 3 atom stereocenters. The molecule has 0 radical (unpaired) electrons. The third-order valence-corrected chi connectivity index (χ3v) is 4.57. The van der Waals surface area contributed by atoms with Crippen LogP contribution in [0.4, 0.5) is 5.69 Å². The lowest BCUT2D eigenvalue weighted by atomic mass is 9.90. The Morgan fingerprint density at radius 2 is 2.14 bits per heavy atom. The molecule has 1 amide bonds. The summed E-state index contributed by atoms with van der Waals surface area (Å²) in [5.74, 6) is 1.41. The number of carbonyl (C=O) groups excluding carboxylic acids is 1. The smallest absolute Gasteiger partial charge is 0.267 e. The van der Waals surface area contributed by atoms with Crippen molar-refractivity contribution in [1.29, 1.82) is 0 Å².